The predicted octanol–water partition coefficient (Wildman–Crippen LogP) is 3.96. The fourth-order valence-electron chi connectivity index (χ4n) is 3.07. The van der Waals surface area contributed by atoms with E-state index in [1.54, 1.807) is 0 Å². The van der Waals surface area contributed by atoms with Crippen molar-refractivity contribution in [3.63, 3.8) is 0 Å². The van der Waals surface area contributed by atoms with E-state index in [0.29, 0.717) is 5.84 Å². The second-order valence-electron chi connectivity index (χ2n) is 5.34. The molecule has 0 amide bonds. The van der Waals surface area contributed by atoms with Crippen molar-refractivity contribution in [2.24, 2.45) is 0 Å². The highest BCUT2D eigenvalue weighted by Crippen LogP contribution is 2.33. The maximum Gasteiger partial charge on any atom is 0.133 e. The molecule has 0 unspecified atom stereocenters. The third-order valence-electron chi connectivity index (χ3n) is 3.78. The van der Waals surface area contributed by atoms with Crippen molar-refractivity contribution >= 4 is 11.5 Å². The van der Waals surface area contributed by atoms with Gasteiger partial charge in [-0.25, -0.2) is 0 Å². The van der Waals surface area contributed by atoms with E-state index >= 15 is 0 Å². The van der Waals surface area contributed by atoms with Gasteiger partial charge in [-0.05, 0) is 37.5 Å². The van der Waals surface area contributed by atoms with Crippen LogP contribution in [-0.2, 0) is 6.54 Å². The standard InChI is InChI=1S/C17H18N2/c1-11-8-12(2)16(13(3)9-11)19-10-14-6-4-5-7-15(14)17(19)18/h4-9,18H,10H2,1-3H3. The number of fused-ring (bicyclic) bond motifs is 1. The van der Waals surface area contributed by atoms with Crippen LogP contribution >= 0.6 is 0 Å². The maximum atomic E-state index is 8.40. The first-order valence-electron chi connectivity index (χ1n) is 6.60. The number of benzene rings is 2. The van der Waals surface area contributed by atoms with Crippen LogP contribution in [0, 0.1) is 26.2 Å². The first kappa shape index (κ1) is 12.0. The molecule has 0 bridgehead atoms. The molecule has 1 heterocycles. The molecule has 96 valence electrons. The summed E-state index contributed by atoms with van der Waals surface area (Å²) in [6.07, 6.45) is 0. The van der Waals surface area contributed by atoms with Gasteiger partial charge in [-0.1, -0.05) is 42.0 Å². The molecule has 2 heteroatoms. The average molecular weight is 250 g/mol. The lowest BCUT2D eigenvalue weighted by Gasteiger charge is -2.23. The van der Waals surface area contributed by atoms with Gasteiger partial charge in [0.2, 0.25) is 0 Å². The van der Waals surface area contributed by atoms with Crippen LogP contribution in [0.2, 0.25) is 0 Å². The molecule has 0 fully saturated rings. The van der Waals surface area contributed by atoms with E-state index in [4.69, 9.17) is 5.41 Å². The second-order valence-corrected chi connectivity index (χ2v) is 5.34. The molecule has 2 aromatic carbocycles. The molecule has 2 aromatic rings. The maximum absolute atomic E-state index is 8.40. The van der Waals surface area contributed by atoms with Crippen LogP contribution in [0.4, 0.5) is 5.69 Å². The molecular weight excluding hydrogens is 232 g/mol. The normalized spacial score (nSPS) is 13.8. The Kier molecular flexibility index (Phi) is 2.67. The Hall–Kier alpha value is -2.09. The van der Waals surface area contributed by atoms with Gasteiger partial charge in [0, 0.05) is 11.3 Å². The third-order valence-corrected chi connectivity index (χ3v) is 3.78. The molecule has 0 saturated heterocycles. The van der Waals surface area contributed by atoms with Crippen LogP contribution in [0.1, 0.15) is 27.8 Å². The predicted molar refractivity (Wildman–Crippen MR) is 80.1 cm³/mol. The molecular formula is C17H18N2. The fraction of sp³-hybridized carbons (Fsp3) is 0.235. The van der Waals surface area contributed by atoms with Crippen molar-refractivity contribution in [3.8, 4) is 0 Å². The van der Waals surface area contributed by atoms with Crippen LogP contribution in [-0.4, -0.2) is 5.84 Å². The zero-order chi connectivity index (χ0) is 13.6. The van der Waals surface area contributed by atoms with Crippen molar-refractivity contribution in [1.29, 1.82) is 5.41 Å². The second kappa shape index (κ2) is 4.23. The lowest BCUT2D eigenvalue weighted by molar-refractivity contribution is 1.03. The Labute approximate surface area is 114 Å². The molecule has 1 N–H and O–H groups in total. The van der Waals surface area contributed by atoms with E-state index in [1.165, 1.54) is 27.9 Å². The van der Waals surface area contributed by atoms with Crippen molar-refractivity contribution in [1.82, 2.24) is 0 Å². The van der Waals surface area contributed by atoms with Crippen LogP contribution in [0.5, 0.6) is 0 Å². The van der Waals surface area contributed by atoms with Crippen LogP contribution < -0.4 is 4.90 Å². The number of amidine groups is 1. The minimum Gasteiger partial charge on any atom is -0.321 e. The number of rotatable bonds is 1. The van der Waals surface area contributed by atoms with E-state index < -0.39 is 0 Å². The van der Waals surface area contributed by atoms with Crippen LogP contribution in [0.3, 0.4) is 0 Å². The number of nitrogens with zero attached hydrogens (tertiary/aromatic N) is 1. The molecule has 3 rings (SSSR count). The molecule has 1 aliphatic rings. The quantitative estimate of drug-likeness (QED) is 0.815. The third kappa shape index (κ3) is 1.84. The van der Waals surface area contributed by atoms with E-state index in [2.05, 4.69) is 43.9 Å². The van der Waals surface area contributed by atoms with Crippen molar-refractivity contribution in [2.45, 2.75) is 27.3 Å². The zero-order valence-electron chi connectivity index (χ0n) is 11.6. The average Bonchev–Trinajstić information content (AvgIpc) is 2.66. The minimum atomic E-state index is 0.616. The lowest BCUT2D eigenvalue weighted by Crippen LogP contribution is -2.24. The molecule has 0 aliphatic carbocycles. The van der Waals surface area contributed by atoms with E-state index in [9.17, 15) is 0 Å². The summed E-state index contributed by atoms with van der Waals surface area (Å²) in [7, 11) is 0. The Morgan fingerprint density at radius 2 is 1.63 bits per heavy atom. The fourth-order valence-corrected chi connectivity index (χ4v) is 3.07. The monoisotopic (exact) mass is 250 g/mol. The van der Waals surface area contributed by atoms with Gasteiger partial charge in [0.05, 0.1) is 6.54 Å². The number of aryl methyl sites for hydroxylation is 3. The van der Waals surface area contributed by atoms with Crippen molar-refractivity contribution < 1.29 is 0 Å². The molecule has 0 atom stereocenters. The summed E-state index contributed by atoms with van der Waals surface area (Å²) in [6.45, 7) is 7.19. The molecule has 2 nitrogen and oxygen atoms in total. The Morgan fingerprint density at radius 3 is 2.26 bits per heavy atom. The van der Waals surface area contributed by atoms with Crippen molar-refractivity contribution in [3.05, 3.63) is 64.2 Å². The summed E-state index contributed by atoms with van der Waals surface area (Å²) in [5.41, 5.74) is 7.26. The summed E-state index contributed by atoms with van der Waals surface area (Å²) in [4.78, 5) is 2.12. The number of hydrogen-bond acceptors (Lipinski definition) is 1. The zero-order valence-corrected chi connectivity index (χ0v) is 11.6. The van der Waals surface area contributed by atoms with Crippen LogP contribution in [0.15, 0.2) is 36.4 Å². The highest BCUT2D eigenvalue weighted by atomic mass is 15.2. The highest BCUT2D eigenvalue weighted by molar-refractivity contribution is 6.12. The molecule has 0 saturated carbocycles. The molecule has 1 aliphatic heterocycles. The molecule has 0 aromatic heterocycles. The highest BCUT2D eigenvalue weighted by Gasteiger charge is 2.26. The summed E-state index contributed by atoms with van der Waals surface area (Å²) in [5, 5.41) is 8.40. The van der Waals surface area contributed by atoms with Gasteiger partial charge in [-0.3, -0.25) is 5.41 Å². The smallest absolute Gasteiger partial charge is 0.133 e. The summed E-state index contributed by atoms with van der Waals surface area (Å²) >= 11 is 0. The molecule has 0 spiro atoms. The van der Waals surface area contributed by atoms with Gasteiger partial charge in [0.1, 0.15) is 5.84 Å². The van der Waals surface area contributed by atoms with Gasteiger partial charge in [-0.2, -0.15) is 0 Å². The molecule has 19 heavy (non-hydrogen) atoms. The summed E-state index contributed by atoms with van der Waals surface area (Å²) < 4.78 is 0. The van der Waals surface area contributed by atoms with Gasteiger partial charge in [0.15, 0.2) is 0 Å². The first-order valence-corrected chi connectivity index (χ1v) is 6.60. The number of anilines is 1. The van der Waals surface area contributed by atoms with Crippen molar-refractivity contribution in [2.75, 3.05) is 4.90 Å². The summed E-state index contributed by atoms with van der Waals surface area (Å²) in [6, 6.07) is 12.6. The van der Waals surface area contributed by atoms with E-state index in [0.717, 1.165) is 12.1 Å². The van der Waals surface area contributed by atoms with Gasteiger partial charge in [0.25, 0.3) is 0 Å². The van der Waals surface area contributed by atoms with E-state index in [1.807, 2.05) is 18.2 Å². The Bertz CT molecular complexity index is 648. The molecule has 0 radical (unpaired) electrons. The van der Waals surface area contributed by atoms with Gasteiger partial charge in [-0.15, -0.1) is 0 Å². The number of hydrogen-bond donors (Lipinski definition) is 1. The van der Waals surface area contributed by atoms with E-state index in [-0.39, 0.29) is 0 Å². The SMILES string of the molecule is Cc1cc(C)c(N2Cc3ccccc3C2=N)c(C)c1. The Morgan fingerprint density at radius 1 is 1.00 bits per heavy atom. The van der Waals surface area contributed by atoms with Gasteiger partial charge < -0.3 is 4.90 Å². The minimum absolute atomic E-state index is 0.616. The lowest BCUT2D eigenvalue weighted by atomic mass is 10.0. The van der Waals surface area contributed by atoms with Crippen LogP contribution in [0.25, 0.3) is 0 Å². The summed E-state index contributed by atoms with van der Waals surface area (Å²) in [5.74, 6) is 0.616. The number of nitrogens with one attached hydrogen (secondary N) is 1. The van der Waals surface area contributed by atoms with Gasteiger partial charge >= 0.3 is 0 Å². The first-order chi connectivity index (χ1) is 9.08. The topological polar surface area (TPSA) is 27.1 Å². The largest absolute Gasteiger partial charge is 0.321 e. The Balaban J connectivity index is 2.10.